The predicted molar refractivity (Wildman–Crippen MR) is 102 cm³/mol. The third-order valence-electron chi connectivity index (χ3n) is 4.06. The molecule has 136 valence electrons. The molecule has 8 heteroatoms. The average molecular weight is 438 g/mol. The molecule has 0 bridgehead atoms. The van der Waals surface area contributed by atoms with Crippen LogP contribution in [0.25, 0.3) is 11.0 Å². The van der Waals surface area contributed by atoms with Crippen LogP contribution in [-0.2, 0) is 9.84 Å². The van der Waals surface area contributed by atoms with Crippen LogP contribution in [0.4, 0.5) is 5.69 Å². The number of anilines is 1. The van der Waals surface area contributed by atoms with Gasteiger partial charge in [0.15, 0.2) is 15.6 Å². The zero-order chi connectivity index (χ0) is 19.1. The lowest BCUT2D eigenvalue weighted by molar-refractivity contribution is 0.0997. The van der Waals surface area contributed by atoms with Crippen LogP contribution in [0.5, 0.6) is 5.75 Å². The van der Waals surface area contributed by atoms with E-state index in [1.807, 2.05) is 6.07 Å². The molecule has 0 spiro atoms. The van der Waals surface area contributed by atoms with Gasteiger partial charge in [-0.05, 0) is 43.3 Å². The van der Waals surface area contributed by atoms with E-state index < -0.39 is 15.7 Å². The maximum absolute atomic E-state index is 12.6. The minimum atomic E-state index is -3.46. The predicted octanol–water partition coefficient (Wildman–Crippen LogP) is 4.26. The summed E-state index contributed by atoms with van der Waals surface area (Å²) >= 11 is 3.38. The zero-order valence-electron chi connectivity index (χ0n) is 14.0. The molecule has 0 unspecified atom stereocenters. The molecule has 0 fully saturated rings. The third-order valence-corrected chi connectivity index (χ3v) is 6.29. The molecule has 0 saturated heterocycles. The lowest BCUT2D eigenvalue weighted by Crippen LogP contribution is -2.13. The highest BCUT2D eigenvalue weighted by atomic mass is 79.9. The number of carbonyl (C=O) groups is 1. The second kappa shape index (κ2) is 6.77. The van der Waals surface area contributed by atoms with Gasteiger partial charge >= 0.3 is 0 Å². The maximum Gasteiger partial charge on any atom is 0.291 e. The van der Waals surface area contributed by atoms with Crippen molar-refractivity contribution in [3.8, 4) is 5.75 Å². The molecule has 0 aliphatic rings. The number of amides is 1. The van der Waals surface area contributed by atoms with E-state index in [1.165, 1.54) is 25.1 Å². The van der Waals surface area contributed by atoms with Crippen molar-refractivity contribution in [2.75, 3.05) is 11.1 Å². The lowest BCUT2D eigenvalue weighted by Gasteiger charge is -2.09. The van der Waals surface area contributed by atoms with Gasteiger partial charge in [0, 0.05) is 15.4 Å². The summed E-state index contributed by atoms with van der Waals surface area (Å²) in [6, 6.07) is 9.17. The summed E-state index contributed by atoms with van der Waals surface area (Å²) in [6.07, 6.45) is 0. The Hall–Kier alpha value is -2.32. The number of benzene rings is 2. The van der Waals surface area contributed by atoms with Crippen molar-refractivity contribution < 1.29 is 22.7 Å². The van der Waals surface area contributed by atoms with E-state index in [0.717, 1.165) is 9.86 Å². The quantitative estimate of drug-likeness (QED) is 0.594. The number of carbonyl (C=O) groups excluding carboxylic acids is 1. The van der Waals surface area contributed by atoms with Gasteiger partial charge in [-0.3, -0.25) is 4.79 Å². The molecule has 3 rings (SSSR count). The normalized spacial score (nSPS) is 11.7. The SMILES string of the molecule is CCS(=O)(=O)c1ccc(O)c(NC(=O)c2oc3ccc(Br)cc3c2C)c1. The first kappa shape index (κ1) is 18.5. The topological polar surface area (TPSA) is 96.6 Å². The van der Waals surface area contributed by atoms with E-state index in [2.05, 4.69) is 21.2 Å². The molecule has 2 N–H and O–H groups in total. The number of aryl methyl sites for hydroxylation is 1. The van der Waals surface area contributed by atoms with Crippen LogP contribution >= 0.6 is 15.9 Å². The van der Waals surface area contributed by atoms with Gasteiger partial charge in [0.25, 0.3) is 5.91 Å². The van der Waals surface area contributed by atoms with Crippen molar-refractivity contribution in [1.29, 1.82) is 0 Å². The van der Waals surface area contributed by atoms with Gasteiger partial charge in [0.1, 0.15) is 11.3 Å². The first-order valence-corrected chi connectivity index (χ1v) is 10.2. The highest BCUT2D eigenvalue weighted by Crippen LogP contribution is 2.31. The fraction of sp³-hybridized carbons (Fsp3) is 0.167. The van der Waals surface area contributed by atoms with Crippen molar-refractivity contribution in [1.82, 2.24) is 0 Å². The Morgan fingerprint density at radius 3 is 2.65 bits per heavy atom. The Morgan fingerprint density at radius 2 is 1.96 bits per heavy atom. The van der Waals surface area contributed by atoms with Gasteiger partial charge in [-0.25, -0.2) is 8.42 Å². The second-order valence-corrected chi connectivity index (χ2v) is 8.93. The number of hydrogen-bond donors (Lipinski definition) is 2. The zero-order valence-corrected chi connectivity index (χ0v) is 16.4. The maximum atomic E-state index is 12.6. The first-order valence-electron chi connectivity index (χ1n) is 7.78. The number of rotatable bonds is 4. The van der Waals surface area contributed by atoms with E-state index >= 15 is 0 Å². The molecular formula is C18H16BrNO5S. The molecule has 26 heavy (non-hydrogen) atoms. The van der Waals surface area contributed by atoms with E-state index in [4.69, 9.17) is 4.42 Å². The summed E-state index contributed by atoms with van der Waals surface area (Å²) in [6.45, 7) is 3.28. The number of aromatic hydroxyl groups is 1. The van der Waals surface area contributed by atoms with E-state index in [9.17, 15) is 18.3 Å². The van der Waals surface area contributed by atoms with Gasteiger partial charge in [-0.1, -0.05) is 22.9 Å². The summed E-state index contributed by atoms with van der Waals surface area (Å²) in [4.78, 5) is 12.6. The number of sulfone groups is 1. The molecule has 0 aliphatic heterocycles. The van der Waals surface area contributed by atoms with Crippen LogP contribution in [0.1, 0.15) is 23.0 Å². The standard InChI is InChI=1S/C18H16BrNO5S/c1-3-26(23,24)12-5-6-15(21)14(9-12)20-18(22)17-10(2)13-8-11(19)4-7-16(13)25-17/h4-9,21H,3H2,1-2H3,(H,20,22). The number of phenolic OH excluding ortho intramolecular Hbond substituents is 1. The largest absolute Gasteiger partial charge is 0.506 e. The Kier molecular flexibility index (Phi) is 4.81. The molecule has 0 saturated carbocycles. The van der Waals surface area contributed by atoms with Gasteiger partial charge in [-0.2, -0.15) is 0 Å². The average Bonchev–Trinajstić information content (AvgIpc) is 2.93. The van der Waals surface area contributed by atoms with Crippen LogP contribution in [0.15, 0.2) is 50.2 Å². The fourth-order valence-electron chi connectivity index (χ4n) is 2.56. The minimum absolute atomic E-state index is 0.00515. The molecule has 1 aromatic heterocycles. The summed E-state index contributed by atoms with van der Waals surface area (Å²) in [5, 5.41) is 13.3. The van der Waals surface area contributed by atoms with E-state index in [0.29, 0.717) is 11.1 Å². The van der Waals surface area contributed by atoms with E-state index in [1.54, 1.807) is 19.1 Å². The second-order valence-electron chi connectivity index (χ2n) is 5.73. The molecule has 6 nitrogen and oxygen atoms in total. The Balaban J connectivity index is 1.98. The van der Waals surface area contributed by atoms with Gasteiger partial charge < -0.3 is 14.8 Å². The molecule has 3 aromatic rings. The van der Waals surface area contributed by atoms with Crippen molar-refractivity contribution >= 4 is 48.3 Å². The molecule has 0 aliphatic carbocycles. The molecule has 2 aromatic carbocycles. The van der Waals surface area contributed by atoms with E-state index in [-0.39, 0.29) is 27.8 Å². The molecule has 1 amide bonds. The van der Waals surface area contributed by atoms with Crippen LogP contribution in [0, 0.1) is 6.92 Å². The Morgan fingerprint density at radius 1 is 1.23 bits per heavy atom. The third kappa shape index (κ3) is 3.34. The molecular weight excluding hydrogens is 422 g/mol. The van der Waals surface area contributed by atoms with Crippen molar-refractivity contribution in [3.05, 3.63) is 52.2 Å². The Labute approximate surface area is 158 Å². The highest BCUT2D eigenvalue weighted by Gasteiger charge is 2.20. The van der Waals surface area contributed by atoms with Crippen molar-refractivity contribution in [2.24, 2.45) is 0 Å². The lowest BCUT2D eigenvalue weighted by atomic mass is 10.1. The van der Waals surface area contributed by atoms with Crippen LogP contribution in [-0.4, -0.2) is 25.2 Å². The molecule has 0 atom stereocenters. The number of phenols is 1. The number of nitrogens with one attached hydrogen (secondary N) is 1. The van der Waals surface area contributed by atoms with Gasteiger partial charge in [-0.15, -0.1) is 0 Å². The summed E-state index contributed by atoms with van der Waals surface area (Å²) in [7, 11) is -3.46. The molecule has 1 heterocycles. The van der Waals surface area contributed by atoms with Gasteiger partial charge in [0.2, 0.25) is 0 Å². The van der Waals surface area contributed by atoms with Crippen molar-refractivity contribution in [3.63, 3.8) is 0 Å². The van der Waals surface area contributed by atoms with Crippen LogP contribution in [0.2, 0.25) is 0 Å². The monoisotopic (exact) mass is 437 g/mol. The Bertz CT molecular complexity index is 1120. The van der Waals surface area contributed by atoms with Crippen molar-refractivity contribution in [2.45, 2.75) is 18.7 Å². The van der Waals surface area contributed by atoms with Gasteiger partial charge in [0.05, 0.1) is 16.3 Å². The number of halogens is 1. The molecule has 0 radical (unpaired) electrons. The summed E-state index contributed by atoms with van der Waals surface area (Å²) < 4.78 is 30.5. The highest BCUT2D eigenvalue weighted by molar-refractivity contribution is 9.10. The number of furan rings is 1. The van der Waals surface area contributed by atoms with Crippen LogP contribution in [0.3, 0.4) is 0 Å². The summed E-state index contributed by atoms with van der Waals surface area (Å²) in [5.41, 5.74) is 1.21. The fourth-order valence-corrected chi connectivity index (χ4v) is 3.83. The first-order chi connectivity index (χ1) is 12.2. The van der Waals surface area contributed by atoms with Crippen LogP contribution < -0.4 is 5.32 Å². The number of hydrogen-bond acceptors (Lipinski definition) is 5. The summed E-state index contributed by atoms with van der Waals surface area (Å²) in [5.74, 6) is -0.787. The number of fused-ring (bicyclic) bond motifs is 1. The minimum Gasteiger partial charge on any atom is -0.506 e. The smallest absolute Gasteiger partial charge is 0.291 e.